The molecule has 6 nitrogen and oxygen atoms in total. The first-order valence-corrected chi connectivity index (χ1v) is 8.88. The van der Waals surface area contributed by atoms with Crippen molar-refractivity contribution in [2.75, 3.05) is 57.7 Å². The number of hydrogen-bond donors (Lipinski definition) is 1. The Labute approximate surface area is 147 Å². The highest BCUT2D eigenvalue weighted by atomic mass is 19.1. The highest BCUT2D eigenvalue weighted by Gasteiger charge is 2.24. The van der Waals surface area contributed by atoms with Gasteiger partial charge in [-0.25, -0.2) is 4.39 Å². The van der Waals surface area contributed by atoms with Crippen molar-refractivity contribution in [2.45, 2.75) is 12.8 Å². The second kappa shape index (κ2) is 8.40. The molecule has 0 bridgehead atoms. The van der Waals surface area contributed by atoms with Gasteiger partial charge in [0.1, 0.15) is 5.82 Å². The predicted octanol–water partition coefficient (Wildman–Crippen LogP) is 1.00. The summed E-state index contributed by atoms with van der Waals surface area (Å²) in [4.78, 5) is 30.4. The number of anilines is 1. The molecule has 2 aliphatic rings. The van der Waals surface area contributed by atoms with Crippen LogP contribution in [0.15, 0.2) is 24.3 Å². The van der Waals surface area contributed by atoms with E-state index in [1.54, 1.807) is 12.1 Å². The minimum Gasteiger partial charge on any atom is -0.342 e. The standard InChI is InChI=1S/C18H25FN4O2/c19-15-4-3-5-16(12-15)20-17(24)13-21-8-10-22(11-9-21)14-18(25)23-6-1-2-7-23/h3-5,12H,1-2,6-11,13-14H2,(H,20,24). The molecule has 0 saturated carbocycles. The summed E-state index contributed by atoms with van der Waals surface area (Å²) in [5, 5.41) is 2.72. The Morgan fingerprint density at radius 3 is 2.24 bits per heavy atom. The van der Waals surface area contributed by atoms with Gasteiger partial charge in [0.05, 0.1) is 13.1 Å². The van der Waals surface area contributed by atoms with Gasteiger partial charge < -0.3 is 10.2 Å². The maximum atomic E-state index is 13.1. The van der Waals surface area contributed by atoms with E-state index in [9.17, 15) is 14.0 Å². The van der Waals surface area contributed by atoms with Gasteiger partial charge in [0.2, 0.25) is 11.8 Å². The van der Waals surface area contributed by atoms with Crippen molar-refractivity contribution in [1.82, 2.24) is 14.7 Å². The third-order valence-corrected chi connectivity index (χ3v) is 4.76. The van der Waals surface area contributed by atoms with Gasteiger partial charge in [0.15, 0.2) is 0 Å². The normalized spacial score (nSPS) is 19.2. The molecule has 3 rings (SSSR count). The number of likely N-dealkylation sites (tertiary alicyclic amines) is 1. The van der Waals surface area contributed by atoms with E-state index < -0.39 is 0 Å². The lowest BCUT2D eigenvalue weighted by Crippen LogP contribution is -2.51. The zero-order valence-corrected chi connectivity index (χ0v) is 14.4. The second-order valence-corrected chi connectivity index (χ2v) is 6.70. The van der Waals surface area contributed by atoms with Crippen LogP contribution in [0.4, 0.5) is 10.1 Å². The van der Waals surface area contributed by atoms with Crippen LogP contribution in [0.5, 0.6) is 0 Å². The number of nitrogens with one attached hydrogen (secondary N) is 1. The van der Waals surface area contributed by atoms with Crippen molar-refractivity contribution in [2.24, 2.45) is 0 Å². The first kappa shape index (κ1) is 17.8. The molecule has 1 N–H and O–H groups in total. The number of halogens is 1. The number of benzene rings is 1. The Morgan fingerprint density at radius 1 is 0.960 bits per heavy atom. The van der Waals surface area contributed by atoms with Crippen LogP contribution < -0.4 is 5.32 Å². The quantitative estimate of drug-likeness (QED) is 0.863. The molecule has 25 heavy (non-hydrogen) atoms. The van der Waals surface area contributed by atoms with Crippen LogP contribution in [0.2, 0.25) is 0 Å². The Balaban J connectivity index is 1.38. The lowest BCUT2D eigenvalue weighted by atomic mass is 10.3. The summed E-state index contributed by atoms with van der Waals surface area (Å²) in [6.07, 6.45) is 2.22. The summed E-state index contributed by atoms with van der Waals surface area (Å²) in [6.45, 7) is 5.61. The predicted molar refractivity (Wildman–Crippen MR) is 93.7 cm³/mol. The number of amides is 2. The van der Waals surface area contributed by atoms with Gasteiger partial charge in [-0.15, -0.1) is 0 Å². The van der Waals surface area contributed by atoms with Crippen LogP contribution in [0, 0.1) is 5.82 Å². The molecule has 0 aliphatic carbocycles. The number of piperazine rings is 1. The van der Waals surface area contributed by atoms with Crippen LogP contribution in [0.25, 0.3) is 0 Å². The summed E-state index contributed by atoms with van der Waals surface area (Å²) in [5.41, 5.74) is 0.472. The number of hydrogen-bond acceptors (Lipinski definition) is 4. The summed E-state index contributed by atoms with van der Waals surface area (Å²) in [5.74, 6) is -0.295. The molecule has 0 aromatic heterocycles. The second-order valence-electron chi connectivity index (χ2n) is 6.70. The lowest BCUT2D eigenvalue weighted by molar-refractivity contribution is -0.132. The van der Waals surface area contributed by atoms with Crippen molar-refractivity contribution < 1.29 is 14.0 Å². The fourth-order valence-electron chi connectivity index (χ4n) is 3.33. The average molecular weight is 348 g/mol. The van der Waals surface area contributed by atoms with Crippen molar-refractivity contribution in [3.63, 3.8) is 0 Å². The van der Waals surface area contributed by atoms with E-state index in [0.29, 0.717) is 12.2 Å². The topological polar surface area (TPSA) is 55.9 Å². The Morgan fingerprint density at radius 2 is 1.60 bits per heavy atom. The molecule has 136 valence electrons. The van der Waals surface area contributed by atoms with Gasteiger partial charge in [-0.2, -0.15) is 0 Å². The van der Waals surface area contributed by atoms with Gasteiger partial charge in [-0.3, -0.25) is 19.4 Å². The highest BCUT2D eigenvalue weighted by molar-refractivity contribution is 5.92. The van der Waals surface area contributed by atoms with Crippen LogP contribution in [-0.2, 0) is 9.59 Å². The third-order valence-electron chi connectivity index (χ3n) is 4.76. The maximum absolute atomic E-state index is 13.1. The Bertz CT molecular complexity index is 611. The van der Waals surface area contributed by atoms with Gasteiger partial charge >= 0.3 is 0 Å². The molecule has 0 unspecified atom stereocenters. The SMILES string of the molecule is O=C(CN1CCN(CC(=O)N2CCCC2)CC1)Nc1cccc(F)c1. The molecule has 0 spiro atoms. The fraction of sp³-hybridized carbons (Fsp3) is 0.556. The van der Waals surface area contributed by atoms with E-state index in [1.807, 2.05) is 4.90 Å². The minimum atomic E-state index is -0.367. The summed E-state index contributed by atoms with van der Waals surface area (Å²) >= 11 is 0. The molecule has 1 aromatic rings. The zero-order valence-electron chi connectivity index (χ0n) is 14.4. The molecule has 2 aliphatic heterocycles. The molecule has 0 radical (unpaired) electrons. The number of rotatable bonds is 5. The van der Waals surface area contributed by atoms with Gasteiger partial charge in [0, 0.05) is 45.0 Å². The van der Waals surface area contributed by atoms with E-state index in [-0.39, 0.29) is 24.2 Å². The van der Waals surface area contributed by atoms with E-state index >= 15 is 0 Å². The van der Waals surface area contributed by atoms with Crippen LogP contribution in [0.3, 0.4) is 0 Å². The molecule has 2 heterocycles. The third kappa shape index (κ3) is 5.24. The van der Waals surface area contributed by atoms with Gasteiger partial charge in [0.25, 0.3) is 0 Å². The molecule has 0 atom stereocenters. The number of carbonyl (C=O) groups excluding carboxylic acids is 2. The van der Waals surface area contributed by atoms with E-state index in [2.05, 4.69) is 15.1 Å². The van der Waals surface area contributed by atoms with Crippen molar-refractivity contribution in [1.29, 1.82) is 0 Å². The summed E-state index contributed by atoms with van der Waals surface area (Å²) in [7, 11) is 0. The monoisotopic (exact) mass is 348 g/mol. The summed E-state index contributed by atoms with van der Waals surface area (Å²) in [6, 6.07) is 5.89. The molecular formula is C18H25FN4O2. The van der Waals surface area contributed by atoms with Crippen molar-refractivity contribution in [3.05, 3.63) is 30.1 Å². The molecule has 2 amide bonds. The van der Waals surface area contributed by atoms with E-state index in [4.69, 9.17) is 0 Å². The average Bonchev–Trinajstić information content (AvgIpc) is 3.11. The van der Waals surface area contributed by atoms with Crippen LogP contribution in [-0.4, -0.2) is 78.9 Å². The van der Waals surface area contributed by atoms with Crippen molar-refractivity contribution >= 4 is 17.5 Å². The lowest BCUT2D eigenvalue weighted by Gasteiger charge is -2.34. The smallest absolute Gasteiger partial charge is 0.238 e. The van der Waals surface area contributed by atoms with E-state index in [1.165, 1.54) is 12.1 Å². The van der Waals surface area contributed by atoms with Gasteiger partial charge in [-0.05, 0) is 31.0 Å². The molecule has 2 saturated heterocycles. The minimum absolute atomic E-state index is 0.146. The maximum Gasteiger partial charge on any atom is 0.238 e. The highest BCUT2D eigenvalue weighted by Crippen LogP contribution is 2.11. The zero-order chi connectivity index (χ0) is 17.6. The fourth-order valence-corrected chi connectivity index (χ4v) is 3.33. The molecule has 7 heteroatoms. The number of nitrogens with zero attached hydrogens (tertiary/aromatic N) is 3. The molecule has 2 fully saturated rings. The van der Waals surface area contributed by atoms with Crippen LogP contribution >= 0.6 is 0 Å². The Kier molecular flexibility index (Phi) is 5.99. The first-order valence-electron chi connectivity index (χ1n) is 8.88. The van der Waals surface area contributed by atoms with Gasteiger partial charge in [-0.1, -0.05) is 6.07 Å². The number of carbonyl (C=O) groups is 2. The van der Waals surface area contributed by atoms with E-state index in [0.717, 1.165) is 52.1 Å². The van der Waals surface area contributed by atoms with Crippen molar-refractivity contribution in [3.8, 4) is 0 Å². The Hall–Kier alpha value is -1.99. The first-order chi connectivity index (χ1) is 12.1. The van der Waals surface area contributed by atoms with Crippen LogP contribution in [0.1, 0.15) is 12.8 Å². The molecular weight excluding hydrogens is 323 g/mol. The summed E-state index contributed by atoms with van der Waals surface area (Å²) < 4.78 is 13.1. The largest absolute Gasteiger partial charge is 0.342 e. The molecule has 1 aromatic carbocycles.